The van der Waals surface area contributed by atoms with Crippen molar-refractivity contribution >= 4 is 16.9 Å². The molecule has 0 bridgehead atoms. The first-order valence-corrected chi connectivity index (χ1v) is 8.31. The normalized spacial score (nSPS) is 22.3. The summed E-state index contributed by atoms with van der Waals surface area (Å²) in [6, 6.07) is 0. The molecule has 0 aromatic carbocycles. The summed E-state index contributed by atoms with van der Waals surface area (Å²) in [4.78, 5) is 4.73. The van der Waals surface area contributed by atoms with Gasteiger partial charge in [-0.15, -0.1) is 0 Å². The van der Waals surface area contributed by atoms with E-state index in [-0.39, 0.29) is 0 Å². The highest BCUT2D eigenvalue weighted by atomic mass is 32.2. The Hall–Kier alpha value is -0.260. The minimum absolute atomic E-state index is 0.517. The average Bonchev–Trinajstić information content (AvgIpc) is 2.46. The van der Waals surface area contributed by atoms with Crippen molar-refractivity contribution in [3.63, 3.8) is 0 Å². The minimum atomic E-state index is 0.517. The van der Waals surface area contributed by atoms with Gasteiger partial charge in [0.05, 0.1) is 19.8 Å². The molecule has 1 fully saturated rings. The Labute approximate surface area is 120 Å². The van der Waals surface area contributed by atoms with Gasteiger partial charge in [0.15, 0.2) is 5.17 Å². The molecule has 0 aromatic heterocycles. The molecule has 0 amide bonds. The van der Waals surface area contributed by atoms with Crippen molar-refractivity contribution in [1.29, 1.82) is 0 Å². The van der Waals surface area contributed by atoms with Crippen molar-refractivity contribution in [2.45, 2.75) is 32.1 Å². The topological polar surface area (TPSA) is 42.9 Å². The molecule has 0 aromatic rings. The summed E-state index contributed by atoms with van der Waals surface area (Å²) >= 11 is 1.90. The van der Waals surface area contributed by atoms with E-state index in [1.165, 1.54) is 37.9 Å². The van der Waals surface area contributed by atoms with E-state index in [4.69, 9.17) is 14.5 Å². The van der Waals surface area contributed by atoms with Gasteiger partial charge in [0, 0.05) is 26.0 Å². The molecule has 110 valence electrons. The van der Waals surface area contributed by atoms with Crippen LogP contribution in [0.2, 0.25) is 0 Å². The predicted octanol–water partition coefficient (Wildman–Crippen LogP) is 2.29. The number of thioether (sulfide) groups is 1. The zero-order valence-corrected chi connectivity index (χ0v) is 12.8. The molecule has 1 N–H and O–H groups in total. The fraction of sp³-hybridized carbons (Fsp3) is 0.929. The molecule has 2 aliphatic rings. The fourth-order valence-electron chi connectivity index (χ4n) is 2.74. The molecule has 0 saturated heterocycles. The minimum Gasteiger partial charge on any atom is -0.382 e. The van der Waals surface area contributed by atoms with E-state index in [0.717, 1.165) is 18.3 Å². The molecule has 0 radical (unpaired) electrons. The Morgan fingerprint density at radius 2 is 2.05 bits per heavy atom. The second-order valence-electron chi connectivity index (χ2n) is 5.50. The second kappa shape index (κ2) is 8.12. The van der Waals surface area contributed by atoms with Gasteiger partial charge in [-0.3, -0.25) is 4.99 Å². The summed E-state index contributed by atoms with van der Waals surface area (Å²) in [5.41, 5.74) is 0.517. The lowest BCUT2D eigenvalue weighted by Gasteiger charge is -2.38. The van der Waals surface area contributed by atoms with Crippen LogP contribution in [0.5, 0.6) is 0 Å². The van der Waals surface area contributed by atoms with Gasteiger partial charge in [-0.2, -0.15) is 0 Å². The third kappa shape index (κ3) is 4.97. The number of nitrogens with zero attached hydrogens (tertiary/aromatic N) is 1. The zero-order chi connectivity index (χ0) is 13.4. The highest BCUT2D eigenvalue weighted by Gasteiger charge is 2.34. The SMILES string of the molecule is COCCOCCNC1=NCC2(CCCCC2)CS1. The van der Waals surface area contributed by atoms with Crippen LogP contribution in [0.3, 0.4) is 0 Å². The third-order valence-corrected chi connectivity index (χ3v) is 5.25. The first-order chi connectivity index (χ1) is 9.35. The predicted molar refractivity (Wildman–Crippen MR) is 81.0 cm³/mol. The molecule has 0 unspecified atom stereocenters. The van der Waals surface area contributed by atoms with E-state index in [2.05, 4.69) is 5.32 Å². The quantitative estimate of drug-likeness (QED) is 0.761. The van der Waals surface area contributed by atoms with Crippen LogP contribution >= 0.6 is 11.8 Å². The summed E-state index contributed by atoms with van der Waals surface area (Å²) in [7, 11) is 1.69. The van der Waals surface area contributed by atoms with Crippen LogP contribution in [0, 0.1) is 5.41 Å². The van der Waals surface area contributed by atoms with Crippen LogP contribution in [-0.2, 0) is 9.47 Å². The van der Waals surface area contributed by atoms with Crippen LogP contribution in [-0.4, -0.2) is 50.9 Å². The highest BCUT2D eigenvalue weighted by Crippen LogP contribution is 2.41. The van der Waals surface area contributed by atoms with Gasteiger partial charge in [-0.05, 0) is 18.3 Å². The van der Waals surface area contributed by atoms with E-state index in [1.807, 2.05) is 11.8 Å². The van der Waals surface area contributed by atoms with E-state index < -0.39 is 0 Å². The molecule has 1 heterocycles. The van der Waals surface area contributed by atoms with Gasteiger partial charge in [0.25, 0.3) is 0 Å². The summed E-state index contributed by atoms with van der Waals surface area (Å²) < 4.78 is 10.4. The third-order valence-electron chi connectivity index (χ3n) is 3.94. The van der Waals surface area contributed by atoms with Gasteiger partial charge in [-0.25, -0.2) is 0 Å². The van der Waals surface area contributed by atoms with Crippen molar-refractivity contribution in [1.82, 2.24) is 5.32 Å². The first-order valence-electron chi connectivity index (χ1n) is 7.32. The number of hydrogen-bond donors (Lipinski definition) is 1. The maximum absolute atomic E-state index is 5.42. The van der Waals surface area contributed by atoms with Crippen LogP contribution in [0.4, 0.5) is 0 Å². The number of aliphatic imine (C=N–C) groups is 1. The Kier molecular flexibility index (Phi) is 6.47. The Morgan fingerprint density at radius 1 is 1.21 bits per heavy atom. The lowest BCUT2D eigenvalue weighted by Crippen LogP contribution is -2.37. The molecule has 1 aliphatic carbocycles. The van der Waals surface area contributed by atoms with Gasteiger partial charge in [0.2, 0.25) is 0 Å². The molecular weight excluding hydrogens is 260 g/mol. The Balaban J connectivity index is 1.61. The van der Waals surface area contributed by atoms with Crippen molar-refractivity contribution in [3.8, 4) is 0 Å². The van der Waals surface area contributed by atoms with Crippen LogP contribution in [0.15, 0.2) is 4.99 Å². The number of rotatable bonds is 6. The summed E-state index contributed by atoms with van der Waals surface area (Å²) in [5.74, 6) is 1.24. The number of amidine groups is 1. The monoisotopic (exact) mass is 286 g/mol. The maximum Gasteiger partial charge on any atom is 0.156 e. The molecule has 0 atom stereocenters. The van der Waals surface area contributed by atoms with Crippen molar-refractivity contribution < 1.29 is 9.47 Å². The van der Waals surface area contributed by atoms with Crippen molar-refractivity contribution in [2.75, 3.05) is 45.8 Å². The van der Waals surface area contributed by atoms with Crippen LogP contribution < -0.4 is 5.32 Å². The molecule has 1 aliphatic heterocycles. The van der Waals surface area contributed by atoms with Crippen LogP contribution in [0.1, 0.15) is 32.1 Å². The highest BCUT2D eigenvalue weighted by molar-refractivity contribution is 8.13. The first kappa shape index (κ1) is 15.1. The molecule has 2 rings (SSSR count). The number of nitrogens with one attached hydrogen (secondary N) is 1. The summed E-state index contributed by atoms with van der Waals surface area (Å²) in [6.45, 7) is 3.91. The maximum atomic E-state index is 5.42. The van der Waals surface area contributed by atoms with E-state index in [1.54, 1.807) is 7.11 Å². The molecule has 19 heavy (non-hydrogen) atoms. The Bertz CT molecular complexity index is 291. The van der Waals surface area contributed by atoms with E-state index in [9.17, 15) is 0 Å². The largest absolute Gasteiger partial charge is 0.382 e. The second-order valence-corrected chi connectivity index (χ2v) is 6.47. The molecule has 5 heteroatoms. The Morgan fingerprint density at radius 3 is 2.74 bits per heavy atom. The lowest BCUT2D eigenvalue weighted by molar-refractivity contribution is 0.0734. The standard InChI is InChI=1S/C14H26N2O2S/c1-17-9-10-18-8-7-15-13-16-11-14(12-19-13)5-3-2-4-6-14/h2-12H2,1H3,(H,15,16). The number of hydrogen-bond acceptors (Lipinski definition) is 5. The fourth-order valence-corrected chi connectivity index (χ4v) is 3.92. The van der Waals surface area contributed by atoms with Gasteiger partial charge >= 0.3 is 0 Å². The van der Waals surface area contributed by atoms with E-state index >= 15 is 0 Å². The van der Waals surface area contributed by atoms with Gasteiger partial charge in [-0.1, -0.05) is 31.0 Å². The number of ether oxygens (including phenoxy) is 2. The molecule has 1 saturated carbocycles. The molecule has 4 nitrogen and oxygen atoms in total. The summed E-state index contributed by atoms with van der Waals surface area (Å²) in [5, 5.41) is 4.47. The average molecular weight is 286 g/mol. The molecular formula is C14H26N2O2S. The van der Waals surface area contributed by atoms with Gasteiger partial charge in [0.1, 0.15) is 0 Å². The zero-order valence-electron chi connectivity index (χ0n) is 12.0. The van der Waals surface area contributed by atoms with E-state index in [0.29, 0.717) is 25.2 Å². The lowest BCUT2D eigenvalue weighted by atomic mass is 9.75. The summed E-state index contributed by atoms with van der Waals surface area (Å²) in [6.07, 6.45) is 6.95. The van der Waals surface area contributed by atoms with Crippen molar-refractivity contribution in [3.05, 3.63) is 0 Å². The number of methoxy groups -OCH3 is 1. The van der Waals surface area contributed by atoms with Gasteiger partial charge < -0.3 is 14.8 Å². The van der Waals surface area contributed by atoms with Crippen molar-refractivity contribution in [2.24, 2.45) is 10.4 Å². The van der Waals surface area contributed by atoms with Crippen LogP contribution in [0.25, 0.3) is 0 Å². The molecule has 1 spiro atoms. The smallest absolute Gasteiger partial charge is 0.156 e.